The summed E-state index contributed by atoms with van der Waals surface area (Å²) in [7, 11) is 0. The second-order valence-electron chi connectivity index (χ2n) is 6.79. The van der Waals surface area contributed by atoms with Crippen molar-refractivity contribution in [2.45, 2.75) is 6.92 Å². The zero-order valence-corrected chi connectivity index (χ0v) is 18.0. The number of amides is 1. The lowest BCUT2D eigenvalue weighted by Crippen LogP contribution is -2.19. The van der Waals surface area contributed by atoms with Gasteiger partial charge >= 0.3 is 5.97 Å². The monoisotopic (exact) mass is 448 g/mol. The summed E-state index contributed by atoms with van der Waals surface area (Å²) in [5.74, 6) is -0.291. The van der Waals surface area contributed by atoms with Gasteiger partial charge in [0, 0.05) is 5.02 Å². The minimum Gasteiger partial charge on any atom is -0.423 e. The molecule has 5 nitrogen and oxygen atoms in total. The maximum atomic E-state index is 12.3. The number of benzene rings is 3. The molecule has 1 aliphatic rings. The minimum absolute atomic E-state index is 0.202. The standard InChI is InChI=1S/C24H17ClN2O3S/c1-15-5-9-19(10-6-15)26-24-27-22(28)21(31-24)13-16-7-11-20(12-8-16)30-23(29)17-3-2-4-18(25)14-17/h2-14H,1H3,(H,26,27,28)/b21-13-. The summed E-state index contributed by atoms with van der Waals surface area (Å²) in [5.41, 5.74) is 3.10. The van der Waals surface area contributed by atoms with Crippen molar-refractivity contribution in [3.05, 3.63) is 99.4 Å². The molecule has 154 valence electrons. The van der Waals surface area contributed by atoms with Gasteiger partial charge in [-0.05, 0) is 72.8 Å². The number of aliphatic imine (C=N–C) groups is 1. The molecule has 1 amide bonds. The number of rotatable bonds is 4. The smallest absolute Gasteiger partial charge is 0.343 e. The second kappa shape index (κ2) is 9.20. The average Bonchev–Trinajstić information content (AvgIpc) is 3.09. The number of aryl methyl sites for hydroxylation is 1. The summed E-state index contributed by atoms with van der Waals surface area (Å²) in [4.78, 5) is 29.5. The van der Waals surface area contributed by atoms with Gasteiger partial charge in [0.2, 0.25) is 0 Å². The molecule has 31 heavy (non-hydrogen) atoms. The van der Waals surface area contributed by atoms with E-state index in [1.807, 2.05) is 31.2 Å². The molecule has 0 saturated carbocycles. The predicted octanol–water partition coefficient (Wildman–Crippen LogP) is 5.76. The summed E-state index contributed by atoms with van der Waals surface area (Å²) in [5, 5.41) is 3.77. The molecule has 3 aromatic rings. The number of halogens is 1. The van der Waals surface area contributed by atoms with Crippen LogP contribution in [0.5, 0.6) is 5.75 Å². The molecule has 0 aliphatic carbocycles. The van der Waals surface area contributed by atoms with Gasteiger partial charge in [0.15, 0.2) is 5.17 Å². The third kappa shape index (κ3) is 5.42. The molecule has 0 radical (unpaired) electrons. The molecule has 4 rings (SSSR count). The molecule has 1 N–H and O–H groups in total. The van der Waals surface area contributed by atoms with Crippen molar-refractivity contribution < 1.29 is 14.3 Å². The van der Waals surface area contributed by atoms with Gasteiger partial charge in [-0.1, -0.05) is 47.5 Å². The fourth-order valence-corrected chi connectivity index (χ4v) is 3.81. The average molecular weight is 449 g/mol. The van der Waals surface area contributed by atoms with E-state index >= 15 is 0 Å². The first-order valence-electron chi connectivity index (χ1n) is 9.40. The van der Waals surface area contributed by atoms with Gasteiger partial charge in [0.05, 0.1) is 16.2 Å². The molecule has 1 fully saturated rings. The van der Waals surface area contributed by atoms with E-state index in [-0.39, 0.29) is 5.91 Å². The fourth-order valence-electron chi connectivity index (χ4n) is 2.78. The first-order valence-corrected chi connectivity index (χ1v) is 10.6. The Morgan fingerprint density at radius 1 is 1.06 bits per heavy atom. The van der Waals surface area contributed by atoms with E-state index in [0.717, 1.165) is 16.8 Å². The summed E-state index contributed by atoms with van der Waals surface area (Å²) in [6.07, 6.45) is 1.76. The van der Waals surface area contributed by atoms with Gasteiger partial charge in [0.1, 0.15) is 5.75 Å². The molecule has 1 saturated heterocycles. The number of carbonyl (C=O) groups is 2. The Kier molecular flexibility index (Phi) is 6.21. The molecule has 7 heteroatoms. The minimum atomic E-state index is -0.490. The Labute approximate surface area is 188 Å². The van der Waals surface area contributed by atoms with Crippen molar-refractivity contribution in [1.29, 1.82) is 0 Å². The maximum Gasteiger partial charge on any atom is 0.343 e. The van der Waals surface area contributed by atoms with Crippen molar-refractivity contribution in [3.63, 3.8) is 0 Å². The van der Waals surface area contributed by atoms with Gasteiger partial charge in [-0.3, -0.25) is 4.79 Å². The number of thioether (sulfide) groups is 1. The Morgan fingerprint density at radius 2 is 1.81 bits per heavy atom. The second-order valence-corrected chi connectivity index (χ2v) is 8.25. The number of hydrogen-bond donors (Lipinski definition) is 1. The van der Waals surface area contributed by atoms with Crippen LogP contribution in [0, 0.1) is 6.92 Å². The number of nitrogens with one attached hydrogen (secondary N) is 1. The zero-order valence-electron chi connectivity index (χ0n) is 16.5. The van der Waals surface area contributed by atoms with Crippen LogP contribution < -0.4 is 10.1 Å². The largest absolute Gasteiger partial charge is 0.423 e. The van der Waals surface area contributed by atoms with Crippen molar-refractivity contribution in [2.24, 2.45) is 4.99 Å². The number of ether oxygens (including phenoxy) is 1. The van der Waals surface area contributed by atoms with Crippen molar-refractivity contribution >= 4 is 52.2 Å². The van der Waals surface area contributed by atoms with E-state index in [1.54, 1.807) is 54.6 Å². The van der Waals surface area contributed by atoms with Crippen molar-refractivity contribution in [2.75, 3.05) is 0 Å². The number of nitrogens with zero attached hydrogens (tertiary/aromatic N) is 1. The van der Waals surface area contributed by atoms with E-state index < -0.39 is 5.97 Å². The molecule has 3 aromatic carbocycles. The van der Waals surface area contributed by atoms with Crippen molar-refractivity contribution in [3.8, 4) is 5.75 Å². The number of hydrogen-bond acceptors (Lipinski definition) is 5. The highest BCUT2D eigenvalue weighted by Crippen LogP contribution is 2.28. The number of esters is 1. The molecule has 0 atom stereocenters. The van der Waals surface area contributed by atoms with Crippen LogP contribution in [0.4, 0.5) is 5.69 Å². The van der Waals surface area contributed by atoms with E-state index in [2.05, 4.69) is 10.3 Å². The molecular weight excluding hydrogens is 432 g/mol. The molecule has 1 heterocycles. The lowest BCUT2D eigenvalue weighted by atomic mass is 10.2. The van der Waals surface area contributed by atoms with Gasteiger partial charge in [-0.15, -0.1) is 0 Å². The van der Waals surface area contributed by atoms with Gasteiger partial charge < -0.3 is 10.1 Å². The van der Waals surface area contributed by atoms with Crippen molar-refractivity contribution in [1.82, 2.24) is 5.32 Å². The lowest BCUT2D eigenvalue weighted by molar-refractivity contribution is -0.115. The van der Waals surface area contributed by atoms with Crippen LogP contribution in [0.3, 0.4) is 0 Å². The summed E-state index contributed by atoms with van der Waals surface area (Å²) >= 11 is 7.19. The number of amidine groups is 1. The molecule has 1 aliphatic heterocycles. The van der Waals surface area contributed by atoms with Crippen LogP contribution in [0.15, 0.2) is 82.7 Å². The van der Waals surface area contributed by atoms with Gasteiger partial charge in [0.25, 0.3) is 5.91 Å². The predicted molar refractivity (Wildman–Crippen MR) is 125 cm³/mol. The van der Waals surface area contributed by atoms with E-state index in [1.165, 1.54) is 11.8 Å². The molecule has 0 spiro atoms. The van der Waals surface area contributed by atoms with E-state index in [9.17, 15) is 9.59 Å². The van der Waals surface area contributed by atoms with Gasteiger partial charge in [-0.2, -0.15) is 0 Å². The molecule has 0 aromatic heterocycles. The quantitative estimate of drug-likeness (QED) is 0.313. The summed E-state index contributed by atoms with van der Waals surface area (Å²) in [6, 6.07) is 21.2. The fraction of sp³-hybridized carbons (Fsp3) is 0.0417. The van der Waals surface area contributed by atoms with Crippen LogP contribution in [0.25, 0.3) is 6.08 Å². The van der Waals surface area contributed by atoms with E-state index in [4.69, 9.17) is 16.3 Å². The zero-order chi connectivity index (χ0) is 21.8. The third-order valence-electron chi connectivity index (χ3n) is 4.36. The SMILES string of the molecule is Cc1ccc(N=C2NC(=O)/C(=C/c3ccc(OC(=O)c4cccc(Cl)c4)cc3)S2)cc1. The van der Waals surface area contributed by atoms with Crippen LogP contribution in [0.2, 0.25) is 5.02 Å². The highest BCUT2D eigenvalue weighted by atomic mass is 35.5. The summed E-state index contributed by atoms with van der Waals surface area (Å²) < 4.78 is 5.37. The Hall–Kier alpha value is -3.35. The van der Waals surface area contributed by atoms with Crippen LogP contribution in [0.1, 0.15) is 21.5 Å². The highest BCUT2D eigenvalue weighted by molar-refractivity contribution is 8.18. The molecule has 0 unspecified atom stereocenters. The van der Waals surface area contributed by atoms with Crippen LogP contribution >= 0.6 is 23.4 Å². The Morgan fingerprint density at radius 3 is 2.52 bits per heavy atom. The van der Waals surface area contributed by atoms with Gasteiger partial charge in [-0.25, -0.2) is 9.79 Å². The van der Waals surface area contributed by atoms with E-state index in [0.29, 0.717) is 26.4 Å². The Bertz CT molecular complexity index is 1200. The number of carbonyl (C=O) groups excluding carboxylic acids is 2. The molecular formula is C24H17ClN2O3S. The van der Waals surface area contributed by atoms with Crippen LogP contribution in [-0.4, -0.2) is 17.0 Å². The lowest BCUT2D eigenvalue weighted by Gasteiger charge is -2.05. The molecule has 0 bridgehead atoms. The highest BCUT2D eigenvalue weighted by Gasteiger charge is 2.23. The Balaban J connectivity index is 1.43. The van der Waals surface area contributed by atoms with Crippen LogP contribution in [-0.2, 0) is 4.79 Å². The third-order valence-corrected chi connectivity index (χ3v) is 5.51. The topological polar surface area (TPSA) is 67.8 Å². The summed E-state index contributed by atoms with van der Waals surface area (Å²) in [6.45, 7) is 2.01. The maximum absolute atomic E-state index is 12.3. The first-order chi connectivity index (χ1) is 15.0. The normalized spacial score (nSPS) is 15.9. The first kappa shape index (κ1) is 20.9.